The van der Waals surface area contributed by atoms with E-state index in [-0.39, 0.29) is 5.22 Å². The predicted octanol–water partition coefficient (Wildman–Crippen LogP) is 2.91. The molecule has 0 saturated heterocycles. The van der Waals surface area contributed by atoms with Gasteiger partial charge in [0.25, 0.3) is 0 Å². The van der Waals surface area contributed by atoms with Gasteiger partial charge in [-0.15, -0.1) is 0 Å². The smallest absolute Gasteiger partial charge is 0.198 e. The van der Waals surface area contributed by atoms with Crippen molar-refractivity contribution < 1.29 is 9.52 Å². The highest BCUT2D eigenvalue weighted by molar-refractivity contribution is 6.29. The second kappa shape index (κ2) is 4.68. The number of aromatic nitrogens is 1. The minimum absolute atomic E-state index is 0.236. The van der Waals surface area contributed by atoms with Crippen LogP contribution >= 0.6 is 11.6 Å². The molecule has 0 amide bonds. The molecule has 0 aliphatic heterocycles. The minimum Gasteiger partial charge on any atom is -0.453 e. The molecule has 16 heavy (non-hydrogen) atoms. The van der Waals surface area contributed by atoms with Crippen LogP contribution in [-0.2, 0) is 6.42 Å². The summed E-state index contributed by atoms with van der Waals surface area (Å²) >= 11 is 5.78. The molecule has 0 fully saturated rings. The van der Waals surface area contributed by atoms with E-state index >= 15 is 0 Å². The number of nitrogens with zero attached hydrogens (tertiary/aromatic N) is 1. The molecular weight excluding hydrogens is 226 g/mol. The lowest BCUT2D eigenvalue weighted by Gasteiger charge is -2.08. The maximum atomic E-state index is 9.93. The van der Waals surface area contributed by atoms with Gasteiger partial charge in [0.1, 0.15) is 0 Å². The van der Waals surface area contributed by atoms with E-state index < -0.39 is 6.10 Å². The van der Waals surface area contributed by atoms with Crippen molar-refractivity contribution in [3.05, 3.63) is 52.7 Å². The second-order valence-electron chi connectivity index (χ2n) is 3.70. The van der Waals surface area contributed by atoms with Gasteiger partial charge in [0.15, 0.2) is 5.22 Å². The van der Waals surface area contributed by atoms with E-state index in [1.165, 1.54) is 6.26 Å². The van der Waals surface area contributed by atoms with Crippen LogP contribution < -0.4 is 0 Å². The molecule has 0 aromatic carbocycles. The monoisotopic (exact) mass is 237 g/mol. The van der Waals surface area contributed by atoms with E-state index in [9.17, 15) is 5.11 Å². The molecule has 4 heteroatoms. The molecule has 2 aromatic rings. The molecule has 3 nitrogen and oxygen atoms in total. The summed E-state index contributed by atoms with van der Waals surface area (Å²) in [7, 11) is 0. The Morgan fingerprint density at radius 2 is 2.25 bits per heavy atom. The molecule has 0 bridgehead atoms. The van der Waals surface area contributed by atoms with Crippen molar-refractivity contribution in [1.29, 1.82) is 0 Å². The van der Waals surface area contributed by atoms with Crippen molar-refractivity contribution >= 4 is 11.6 Å². The van der Waals surface area contributed by atoms with E-state index in [0.717, 1.165) is 11.3 Å². The van der Waals surface area contributed by atoms with Gasteiger partial charge >= 0.3 is 0 Å². The lowest BCUT2D eigenvalue weighted by Crippen LogP contribution is -2.02. The van der Waals surface area contributed by atoms with E-state index in [2.05, 4.69) is 4.98 Å². The van der Waals surface area contributed by atoms with Gasteiger partial charge in [-0.3, -0.25) is 4.98 Å². The van der Waals surface area contributed by atoms with Crippen molar-refractivity contribution in [2.45, 2.75) is 19.4 Å². The third kappa shape index (κ3) is 2.43. The molecule has 0 aliphatic carbocycles. The summed E-state index contributed by atoms with van der Waals surface area (Å²) in [6, 6.07) is 5.53. The lowest BCUT2D eigenvalue weighted by atomic mass is 10.1. The van der Waals surface area contributed by atoms with Crippen molar-refractivity contribution in [2.75, 3.05) is 0 Å². The molecule has 1 unspecified atom stereocenters. The Kier molecular flexibility index (Phi) is 3.27. The predicted molar refractivity (Wildman–Crippen MR) is 61.4 cm³/mol. The van der Waals surface area contributed by atoms with Gasteiger partial charge in [-0.25, -0.2) is 0 Å². The Labute approximate surface area is 98.7 Å². The molecule has 0 radical (unpaired) electrons. The largest absolute Gasteiger partial charge is 0.453 e. The van der Waals surface area contributed by atoms with Crippen molar-refractivity contribution in [2.24, 2.45) is 0 Å². The molecule has 0 aliphatic rings. The highest BCUT2D eigenvalue weighted by Gasteiger charge is 2.14. The Morgan fingerprint density at radius 1 is 1.44 bits per heavy atom. The average molecular weight is 238 g/mol. The fourth-order valence-corrected chi connectivity index (χ4v) is 1.71. The second-order valence-corrected chi connectivity index (χ2v) is 4.04. The molecule has 0 spiro atoms. The van der Waals surface area contributed by atoms with E-state index in [1.807, 2.05) is 19.1 Å². The van der Waals surface area contributed by atoms with E-state index in [0.29, 0.717) is 12.0 Å². The van der Waals surface area contributed by atoms with Crippen LogP contribution in [0.1, 0.15) is 22.9 Å². The van der Waals surface area contributed by atoms with Gasteiger partial charge in [-0.05, 0) is 36.2 Å². The van der Waals surface area contributed by atoms with Crippen LogP contribution in [0.15, 0.2) is 35.1 Å². The zero-order valence-corrected chi connectivity index (χ0v) is 9.61. The molecule has 1 N–H and O–H groups in total. The van der Waals surface area contributed by atoms with Crippen molar-refractivity contribution in [1.82, 2.24) is 4.98 Å². The molecule has 2 rings (SSSR count). The summed E-state index contributed by atoms with van der Waals surface area (Å²) in [5.41, 5.74) is 2.53. The summed E-state index contributed by atoms with van der Waals surface area (Å²) in [5.74, 6) is 0. The van der Waals surface area contributed by atoms with Crippen LogP contribution in [-0.4, -0.2) is 10.1 Å². The Morgan fingerprint density at radius 3 is 2.81 bits per heavy atom. The number of hydrogen-bond donors (Lipinski definition) is 1. The lowest BCUT2D eigenvalue weighted by molar-refractivity contribution is 0.176. The van der Waals surface area contributed by atoms with Gasteiger partial charge in [0, 0.05) is 23.9 Å². The van der Waals surface area contributed by atoms with Gasteiger partial charge in [0.2, 0.25) is 0 Å². The number of aliphatic hydroxyl groups is 1. The molecule has 2 heterocycles. The molecule has 1 atom stereocenters. The minimum atomic E-state index is -0.679. The zero-order valence-electron chi connectivity index (χ0n) is 8.85. The highest BCUT2D eigenvalue weighted by atomic mass is 35.5. The van der Waals surface area contributed by atoms with Crippen molar-refractivity contribution in [3.63, 3.8) is 0 Å². The zero-order chi connectivity index (χ0) is 11.5. The third-order valence-electron chi connectivity index (χ3n) is 2.38. The van der Waals surface area contributed by atoms with Crippen LogP contribution in [0, 0.1) is 6.92 Å². The number of aryl methyl sites for hydroxylation is 1. The summed E-state index contributed by atoms with van der Waals surface area (Å²) in [6.45, 7) is 1.97. The maximum Gasteiger partial charge on any atom is 0.198 e. The average Bonchev–Trinajstić information content (AvgIpc) is 2.68. The van der Waals surface area contributed by atoms with E-state index in [1.54, 1.807) is 12.3 Å². The first-order valence-corrected chi connectivity index (χ1v) is 5.37. The SMILES string of the molecule is Cc1ccc(CC(O)c2ccoc2Cl)nc1. The van der Waals surface area contributed by atoms with Gasteiger partial charge in [-0.2, -0.15) is 0 Å². The third-order valence-corrected chi connectivity index (χ3v) is 2.69. The van der Waals surface area contributed by atoms with Gasteiger partial charge in [0.05, 0.1) is 12.4 Å². The summed E-state index contributed by atoms with van der Waals surface area (Å²) in [6.07, 6.45) is 2.99. The number of pyridine rings is 1. The number of hydrogen-bond acceptors (Lipinski definition) is 3. The molecular formula is C12H12ClNO2. The number of halogens is 1. The fraction of sp³-hybridized carbons (Fsp3) is 0.250. The first kappa shape index (κ1) is 11.2. The summed E-state index contributed by atoms with van der Waals surface area (Å²) in [4.78, 5) is 4.22. The quantitative estimate of drug-likeness (QED) is 0.893. The van der Waals surface area contributed by atoms with Crippen LogP contribution in [0.3, 0.4) is 0 Å². The number of aliphatic hydroxyl groups excluding tert-OH is 1. The van der Waals surface area contributed by atoms with Crippen LogP contribution in [0.25, 0.3) is 0 Å². The molecule has 2 aromatic heterocycles. The first-order valence-electron chi connectivity index (χ1n) is 4.99. The Balaban J connectivity index is 2.10. The Bertz CT molecular complexity index is 464. The maximum absolute atomic E-state index is 9.93. The fourth-order valence-electron chi connectivity index (χ4n) is 1.47. The van der Waals surface area contributed by atoms with Crippen molar-refractivity contribution in [3.8, 4) is 0 Å². The van der Waals surface area contributed by atoms with E-state index in [4.69, 9.17) is 16.0 Å². The van der Waals surface area contributed by atoms with Gasteiger partial charge in [-0.1, -0.05) is 6.07 Å². The number of furan rings is 1. The number of rotatable bonds is 3. The first-order chi connectivity index (χ1) is 7.66. The Hall–Kier alpha value is -1.32. The molecule has 0 saturated carbocycles. The standard InChI is InChI=1S/C12H12ClNO2/c1-8-2-3-9(14-7-8)6-11(15)10-4-5-16-12(10)13/h2-5,7,11,15H,6H2,1H3. The highest BCUT2D eigenvalue weighted by Crippen LogP contribution is 2.26. The summed E-state index contributed by atoms with van der Waals surface area (Å²) in [5, 5.41) is 10.2. The summed E-state index contributed by atoms with van der Waals surface area (Å²) < 4.78 is 4.93. The topological polar surface area (TPSA) is 46.3 Å². The van der Waals surface area contributed by atoms with Crippen LogP contribution in [0.5, 0.6) is 0 Å². The molecule has 84 valence electrons. The van der Waals surface area contributed by atoms with Crippen LogP contribution in [0.2, 0.25) is 5.22 Å². The van der Waals surface area contributed by atoms with Crippen LogP contribution in [0.4, 0.5) is 0 Å². The van der Waals surface area contributed by atoms with Gasteiger partial charge < -0.3 is 9.52 Å². The normalized spacial score (nSPS) is 12.7.